The summed E-state index contributed by atoms with van der Waals surface area (Å²) in [7, 11) is 1.81. The number of hydrazine groups is 1. The van der Waals surface area contributed by atoms with Crippen LogP contribution in [-0.2, 0) is 19.8 Å². The first kappa shape index (κ1) is 29.3. The van der Waals surface area contributed by atoms with E-state index in [-0.39, 0.29) is 13.0 Å². The van der Waals surface area contributed by atoms with Crippen molar-refractivity contribution in [3.8, 4) is 0 Å². The van der Waals surface area contributed by atoms with Crippen LogP contribution in [-0.4, -0.2) is 63.2 Å². The highest BCUT2D eigenvalue weighted by Crippen LogP contribution is 2.50. The molecule has 0 bridgehead atoms. The summed E-state index contributed by atoms with van der Waals surface area (Å²) < 4.78 is 8.99. The Hall–Kier alpha value is -5.69. The molecule has 2 aromatic carbocycles. The van der Waals surface area contributed by atoms with Gasteiger partial charge in [-0.1, -0.05) is 12.2 Å². The van der Waals surface area contributed by atoms with Gasteiger partial charge >= 0.3 is 11.9 Å². The molecule has 0 spiro atoms. The Morgan fingerprint density at radius 1 is 0.810 bits per heavy atom. The quantitative estimate of drug-likeness (QED) is 0.201. The predicted molar refractivity (Wildman–Crippen MR) is 135 cm³/mol. The number of nitro benzene ring substituents is 4. The summed E-state index contributed by atoms with van der Waals surface area (Å²) in [6.45, 7) is -0.137. The summed E-state index contributed by atoms with van der Waals surface area (Å²) in [5.74, 6) is -3.50. The molecule has 2 heterocycles. The Morgan fingerprint density at radius 3 is 1.81 bits per heavy atom. The van der Waals surface area contributed by atoms with Gasteiger partial charge in [-0.25, -0.2) is 20.0 Å². The SMILES string of the molecule is COC(=O)c1cc([N+](=O)[O-])c(C2NN3CC=CCC3(c3cc([N+](=O)[O-])c(C(=O)OC)cc3[N+](=O)[O-])C2=O)cc1[N+](=O)[O-]. The molecule has 0 aromatic heterocycles. The molecular weight excluding hydrogens is 568 g/mol. The lowest BCUT2D eigenvalue weighted by molar-refractivity contribution is -0.390. The van der Waals surface area contributed by atoms with Gasteiger partial charge in [0, 0.05) is 30.8 Å². The van der Waals surface area contributed by atoms with Gasteiger partial charge in [0.05, 0.1) is 45.0 Å². The third kappa shape index (κ3) is 4.47. The molecule has 1 saturated heterocycles. The lowest BCUT2D eigenvalue weighted by atomic mass is 9.77. The molecule has 2 unspecified atom stereocenters. The van der Waals surface area contributed by atoms with Gasteiger partial charge in [0.25, 0.3) is 22.7 Å². The van der Waals surface area contributed by atoms with Crippen LogP contribution in [0.15, 0.2) is 36.4 Å². The Morgan fingerprint density at radius 2 is 1.31 bits per heavy atom. The highest BCUT2D eigenvalue weighted by molar-refractivity contribution is 6.01. The zero-order valence-corrected chi connectivity index (χ0v) is 21.5. The second-order valence-electron chi connectivity index (χ2n) is 8.90. The molecule has 0 aliphatic carbocycles. The number of carbonyl (C=O) groups is 3. The van der Waals surface area contributed by atoms with Gasteiger partial charge in [-0.3, -0.25) is 45.3 Å². The standard InChI is InChI=1S/C23H18N6O13/c1-41-21(31)12-8-15(26(33)34)11(7-16(12)27(35)36)19-20(30)23(5-3-4-6-25(23)24-19)14-10-17(28(37)38)13(22(32)42-2)9-18(14)29(39)40/h3-4,7-10,19,24H,5-6H2,1-2H3. The number of ketones is 1. The van der Waals surface area contributed by atoms with E-state index in [0.717, 1.165) is 19.2 Å². The number of carbonyl (C=O) groups excluding carboxylic acids is 3. The number of esters is 2. The summed E-state index contributed by atoms with van der Waals surface area (Å²) in [5.41, 5.74) is -5.56. The summed E-state index contributed by atoms with van der Waals surface area (Å²) in [5, 5.41) is 48.9. The van der Waals surface area contributed by atoms with Crippen LogP contribution in [0.5, 0.6) is 0 Å². The van der Waals surface area contributed by atoms with Crippen LogP contribution < -0.4 is 5.43 Å². The minimum absolute atomic E-state index is 0.137. The second-order valence-corrected chi connectivity index (χ2v) is 8.90. The van der Waals surface area contributed by atoms with Gasteiger partial charge in [-0.05, 0) is 6.42 Å². The minimum atomic E-state index is -2.09. The number of rotatable bonds is 8. The molecule has 218 valence electrons. The average molecular weight is 586 g/mol. The number of nitrogens with zero attached hydrogens (tertiary/aromatic N) is 5. The maximum absolute atomic E-state index is 14.2. The van der Waals surface area contributed by atoms with Gasteiger partial charge in [-0.2, -0.15) is 0 Å². The molecule has 4 rings (SSSR count). The first-order valence-corrected chi connectivity index (χ1v) is 11.6. The summed E-state index contributed by atoms with van der Waals surface area (Å²) >= 11 is 0. The van der Waals surface area contributed by atoms with Crippen LogP contribution in [0.1, 0.15) is 44.3 Å². The molecule has 2 aliphatic rings. The van der Waals surface area contributed by atoms with E-state index in [1.54, 1.807) is 6.08 Å². The number of nitrogens with one attached hydrogen (secondary N) is 1. The van der Waals surface area contributed by atoms with E-state index in [4.69, 9.17) is 0 Å². The minimum Gasteiger partial charge on any atom is -0.465 e. The average Bonchev–Trinajstić information content (AvgIpc) is 3.27. The maximum Gasteiger partial charge on any atom is 0.345 e. The van der Waals surface area contributed by atoms with Crippen LogP contribution in [0, 0.1) is 40.5 Å². The van der Waals surface area contributed by atoms with Gasteiger partial charge in [0.15, 0.2) is 5.78 Å². The molecule has 19 nitrogen and oxygen atoms in total. The molecule has 2 aromatic rings. The smallest absolute Gasteiger partial charge is 0.345 e. The monoisotopic (exact) mass is 586 g/mol. The Labute approximate surface area is 232 Å². The number of ether oxygens (including phenoxy) is 2. The highest BCUT2D eigenvalue weighted by atomic mass is 16.6. The zero-order chi connectivity index (χ0) is 31.1. The molecule has 0 radical (unpaired) electrons. The molecule has 0 amide bonds. The third-order valence-electron chi connectivity index (χ3n) is 6.90. The van der Waals surface area contributed by atoms with Gasteiger partial charge in [0.2, 0.25) is 0 Å². The van der Waals surface area contributed by atoms with E-state index in [0.29, 0.717) is 24.3 Å². The second kappa shape index (κ2) is 10.7. The predicted octanol–water partition coefficient (Wildman–Crippen LogP) is 2.18. The normalized spacial score (nSPS) is 19.6. The topological polar surface area (TPSA) is 257 Å². The summed E-state index contributed by atoms with van der Waals surface area (Å²) in [4.78, 5) is 82.4. The van der Waals surface area contributed by atoms with Crippen molar-refractivity contribution in [2.45, 2.75) is 18.0 Å². The van der Waals surface area contributed by atoms with Crippen molar-refractivity contribution in [2.24, 2.45) is 0 Å². The number of benzene rings is 2. The van der Waals surface area contributed by atoms with Gasteiger partial charge in [0.1, 0.15) is 22.7 Å². The number of fused-ring (bicyclic) bond motifs is 1. The van der Waals surface area contributed by atoms with E-state index in [1.165, 1.54) is 6.08 Å². The highest BCUT2D eigenvalue weighted by Gasteiger charge is 2.59. The van der Waals surface area contributed by atoms with Crippen LogP contribution in [0.2, 0.25) is 0 Å². The first-order valence-electron chi connectivity index (χ1n) is 11.6. The van der Waals surface area contributed by atoms with Crippen molar-refractivity contribution in [3.63, 3.8) is 0 Å². The van der Waals surface area contributed by atoms with Crippen molar-refractivity contribution >= 4 is 40.5 Å². The summed E-state index contributed by atoms with van der Waals surface area (Å²) in [6.07, 6.45) is 2.68. The van der Waals surface area contributed by atoms with Crippen LogP contribution >= 0.6 is 0 Å². The molecular formula is C23H18N6O13. The van der Waals surface area contributed by atoms with E-state index < -0.39 is 94.0 Å². The molecule has 19 heteroatoms. The van der Waals surface area contributed by atoms with Crippen LogP contribution in [0.4, 0.5) is 22.7 Å². The molecule has 2 aliphatic heterocycles. The molecule has 1 fully saturated rings. The fourth-order valence-electron chi connectivity index (χ4n) is 5.04. The lowest BCUT2D eigenvalue weighted by Crippen LogP contribution is -2.50. The van der Waals surface area contributed by atoms with Crippen molar-refractivity contribution in [3.05, 3.63) is 99.1 Å². The fraction of sp³-hybridized carbons (Fsp3) is 0.261. The number of methoxy groups -OCH3 is 2. The number of hydrogen-bond donors (Lipinski definition) is 1. The third-order valence-corrected chi connectivity index (χ3v) is 6.90. The van der Waals surface area contributed by atoms with Crippen LogP contribution in [0.3, 0.4) is 0 Å². The van der Waals surface area contributed by atoms with Crippen molar-refractivity contribution in [1.29, 1.82) is 0 Å². The molecule has 1 N–H and O–H groups in total. The molecule has 2 atom stereocenters. The summed E-state index contributed by atoms with van der Waals surface area (Å²) in [6, 6.07) is 0.778. The largest absolute Gasteiger partial charge is 0.465 e. The van der Waals surface area contributed by atoms with E-state index in [9.17, 15) is 54.8 Å². The van der Waals surface area contributed by atoms with E-state index in [2.05, 4.69) is 14.9 Å². The Balaban J connectivity index is 2.01. The van der Waals surface area contributed by atoms with Crippen molar-refractivity contribution in [1.82, 2.24) is 10.4 Å². The van der Waals surface area contributed by atoms with E-state index >= 15 is 0 Å². The van der Waals surface area contributed by atoms with E-state index in [1.807, 2.05) is 0 Å². The molecule has 0 saturated carbocycles. The van der Waals surface area contributed by atoms with Gasteiger partial charge in [-0.15, -0.1) is 0 Å². The fourth-order valence-corrected chi connectivity index (χ4v) is 5.04. The zero-order valence-electron chi connectivity index (χ0n) is 21.5. The van der Waals surface area contributed by atoms with Crippen LogP contribution in [0.25, 0.3) is 0 Å². The maximum atomic E-state index is 14.2. The number of Topliss-reactive ketones (excluding diaryl/α,β-unsaturated/α-hetero) is 1. The molecule has 42 heavy (non-hydrogen) atoms. The Kier molecular flexibility index (Phi) is 7.47. The van der Waals surface area contributed by atoms with Crippen molar-refractivity contribution < 1.29 is 43.6 Å². The Bertz CT molecular complexity index is 1640. The number of nitro groups is 4. The first-order chi connectivity index (χ1) is 19.8. The lowest BCUT2D eigenvalue weighted by Gasteiger charge is -2.37. The number of hydrogen-bond acceptors (Lipinski definition) is 15. The van der Waals surface area contributed by atoms with Gasteiger partial charge < -0.3 is 9.47 Å². The van der Waals surface area contributed by atoms with Crippen molar-refractivity contribution in [2.75, 3.05) is 20.8 Å².